The zero-order valence-corrected chi connectivity index (χ0v) is 8.43. The molecule has 2 heterocycles. The van der Waals surface area contributed by atoms with Gasteiger partial charge >= 0.3 is 5.97 Å². The van der Waals surface area contributed by atoms with Crippen LogP contribution in [0.25, 0.3) is 0 Å². The quantitative estimate of drug-likeness (QED) is 0.733. The minimum absolute atomic E-state index is 0.500. The van der Waals surface area contributed by atoms with E-state index < -0.39 is 5.97 Å². The predicted molar refractivity (Wildman–Crippen MR) is 54.1 cm³/mol. The van der Waals surface area contributed by atoms with Crippen molar-refractivity contribution in [1.82, 2.24) is 5.32 Å². The molecule has 0 radical (unpaired) electrons. The van der Waals surface area contributed by atoms with E-state index in [-0.39, 0.29) is 0 Å². The van der Waals surface area contributed by atoms with Gasteiger partial charge in [0.25, 0.3) is 0 Å². The maximum absolute atomic E-state index is 10.8. The van der Waals surface area contributed by atoms with Crippen LogP contribution in [0, 0.1) is 5.92 Å². The summed E-state index contributed by atoms with van der Waals surface area (Å²) in [7, 11) is 0. The van der Waals surface area contributed by atoms with Crippen LogP contribution in [0.1, 0.15) is 26.0 Å². The Morgan fingerprint density at radius 3 is 3.21 bits per heavy atom. The van der Waals surface area contributed by atoms with Gasteiger partial charge in [0.15, 0.2) is 0 Å². The second-order valence-electron chi connectivity index (χ2n) is 4.03. The first kappa shape index (κ1) is 8.44. The van der Waals surface area contributed by atoms with E-state index in [9.17, 15) is 4.79 Å². The lowest BCUT2D eigenvalue weighted by molar-refractivity contribution is 0.0702. The van der Waals surface area contributed by atoms with E-state index in [0.717, 1.165) is 25.4 Å². The number of hydrogen-bond donors (Lipinski definition) is 2. The molecular weight excluding hydrogens is 198 g/mol. The van der Waals surface area contributed by atoms with E-state index in [2.05, 4.69) is 5.32 Å². The molecule has 2 atom stereocenters. The Bertz CT molecular complexity index is 399. The highest BCUT2D eigenvalue weighted by Gasteiger charge is 2.38. The maximum atomic E-state index is 10.8. The molecule has 2 unspecified atom stereocenters. The van der Waals surface area contributed by atoms with Gasteiger partial charge < -0.3 is 10.4 Å². The van der Waals surface area contributed by atoms with E-state index in [1.165, 1.54) is 21.8 Å². The van der Waals surface area contributed by atoms with Gasteiger partial charge in [0.2, 0.25) is 0 Å². The number of carboxylic acid groups (broad SMARTS) is 1. The predicted octanol–water partition coefficient (Wildman–Crippen LogP) is 1.31. The lowest BCUT2D eigenvalue weighted by atomic mass is 10.0. The number of hydrogen-bond acceptors (Lipinski definition) is 3. The molecule has 14 heavy (non-hydrogen) atoms. The van der Waals surface area contributed by atoms with Crippen LogP contribution in [0.15, 0.2) is 6.07 Å². The summed E-state index contributed by atoms with van der Waals surface area (Å²) in [6.45, 7) is 2.12. The van der Waals surface area contributed by atoms with Crippen LogP contribution < -0.4 is 5.32 Å². The highest BCUT2D eigenvalue weighted by Crippen LogP contribution is 2.44. The van der Waals surface area contributed by atoms with Crippen LogP contribution in [0.3, 0.4) is 0 Å². The number of nitrogens with one attached hydrogen (secondary N) is 1. The second kappa shape index (κ2) is 2.81. The van der Waals surface area contributed by atoms with Crippen molar-refractivity contribution in [2.24, 2.45) is 5.92 Å². The van der Waals surface area contributed by atoms with Crippen LogP contribution in [-0.2, 0) is 6.42 Å². The monoisotopic (exact) mass is 209 g/mol. The molecule has 1 aliphatic heterocycles. The molecule has 3 nitrogen and oxygen atoms in total. The summed E-state index contributed by atoms with van der Waals surface area (Å²) >= 11 is 1.47. The molecular formula is C10H11NO2S. The van der Waals surface area contributed by atoms with Crippen molar-refractivity contribution in [3.05, 3.63) is 21.4 Å². The molecule has 0 amide bonds. The minimum atomic E-state index is -0.785. The van der Waals surface area contributed by atoms with Crippen LogP contribution >= 0.6 is 11.3 Å². The van der Waals surface area contributed by atoms with Crippen molar-refractivity contribution in [2.45, 2.75) is 12.3 Å². The normalized spacial score (nSPS) is 28.9. The molecule has 1 fully saturated rings. The van der Waals surface area contributed by atoms with E-state index in [1.807, 2.05) is 6.07 Å². The lowest BCUT2D eigenvalue weighted by Crippen LogP contribution is -2.09. The fraction of sp³-hybridized carbons (Fsp3) is 0.500. The van der Waals surface area contributed by atoms with E-state index >= 15 is 0 Å². The van der Waals surface area contributed by atoms with Gasteiger partial charge in [-0.05, 0) is 30.5 Å². The van der Waals surface area contributed by atoms with Gasteiger partial charge in [-0.1, -0.05) is 0 Å². The van der Waals surface area contributed by atoms with E-state index in [0.29, 0.717) is 10.8 Å². The van der Waals surface area contributed by atoms with Gasteiger partial charge in [0, 0.05) is 17.3 Å². The molecule has 2 aliphatic rings. The van der Waals surface area contributed by atoms with Crippen LogP contribution in [-0.4, -0.2) is 24.2 Å². The lowest BCUT2D eigenvalue weighted by Gasteiger charge is -2.05. The van der Waals surface area contributed by atoms with Gasteiger partial charge in [0.1, 0.15) is 4.88 Å². The molecule has 1 aromatic rings. The largest absolute Gasteiger partial charge is 0.477 e. The smallest absolute Gasteiger partial charge is 0.345 e. The first-order chi connectivity index (χ1) is 6.75. The molecule has 1 aliphatic carbocycles. The average Bonchev–Trinajstić information content (AvgIpc) is 2.70. The SMILES string of the molecule is O=C(O)c1cc2c(s1)C1CNCC1C2. The Balaban J connectivity index is 2.01. The summed E-state index contributed by atoms with van der Waals surface area (Å²) in [5, 5.41) is 12.2. The summed E-state index contributed by atoms with van der Waals surface area (Å²) < 4.78 is 0. The van der Waals surface area contributed by atoms with Crippen molar-refractivity contribution < 1.29 is 9.90 Å². The fourth-order valence-electron chi connectivity index (χ4n) is 2.56. The Labute approximate surface area is 85.8 Å². The summed E-state index contributed by atoms with van der Waals surface area (Å²) in [6.07, 6.45) is 1.07. The number of carbonyl (C=O) groups is 1. The summed E-state index contributed by atoms with van der Waals surface area (Å²) in [5.41, 5.74) is 1.28. The Morgan fingerprint density at radius 1 is 1.57 bits per heavy atom. The molecule has 0 spiro atoms. The zero-order valence-electron chi connectivity index (χ0n) is 7.62. The maximum Gasteiger partial charge on any atom is 0.345 e. The second-order valence-corrected chi connectivity index (χ2v) is 5.12. The number of rotatable bonds is 1. The molecule has 74 valence electrons. The number of aromatic carboxylic acids is 1. The van der Waals surface area contributed by atoms with E-state index in [1.54, 1.807) is 0 Å². The van der Waals surface area contributed by atoms with Crippen molar-refractivity contribution >= 4 is 17.3 Å². The average molecular weight is 209 g/mol. The van der Waals surface area contributed by atoms with Gasteiger partial charge in [-0.25, -0.2) is 4.79 Å². The third-order valence-electron chi connectivity index (χ3n) is 3.21. The minimum Gasteiger partial charge on any atom is -0.477 e. The van der Waals surface area contributed by atoms with E-state index in [4.69, 9.17) is 5.11 Å². The van der Waals surface area contributed by atoms with Crippen molar-refractivity contribution in [1.29, 1.82) is 0 Å². The summed E-state index contributed by atoms with van der Waals surface area (Å²) in [5.74, 6) is 0.522. The van der Waals surface area contributed by atoms with Crippen LogP contribution in [0.2, 0.25) is 0 Å². The topological polar surface area (TPSA) is 49.3 Å². The highest BCUT2D eigenvalue weighted by molar-refractivity contribution is 7.14. The first-order valence-electron chi connectivity index (χ1n) is 4.82. The molecule has 1 aromatic heterocycles. The number of carboxylic acids is 1. The molecule has 0 bridgehead atoms. The molecule has 0 saturated carbocycles. The summed E-state index contributed by atoms with van der Waals surface area (Å²) in [4.78, 5) is 12.6. The number of thiophene rings is 1. The Kier molecular flexibility index (Phi) is 1.69. The molecule has 3 rings (SSSR count). The zero-order chi connectivity index (χ0) is 9.71. The standard InChI is InChI=1S/C10H11NO2S/c12-10(13)8-2-5-1-6-3-11-4-7(6)9(5)14-8/h2,6-7,11H,1,3-4H2,(H,12,13). The van der Waals surface area contributed by atoms with Crippen molar-refractivity contribution in [2.75, 3.05) is 13.1 Å². The molecule has 1 saturated heterocycles. The van der Waals surface area contributed by atoms with Gasteiger partial charge in [-0.2, -0.15) is 0 Å². The van der Waals surface area contributed by atoms with Gasteiger partial charge in [0.05, 0.1) is 0 Å². The third kappa shape index (κ3) is 1.04. The fourth-order valence-corrected chi connectivity index (χ4v) is 3.78. The van der Waals surface area contributed by atoms with Crippen LogP contribution in [0.5, 0.6) is 0 Å². The molecule has 2 N–H and O–H groups in total. The van der Waals surface area contributed by atoms with Gasteiger partial charge in [-0.3, -0.25) is 0 Å². The summed E-state index contributed by atoms with van der Waals surface area (Å²) in [6, 6.07) is 1.86. The Morgan fingerprint density at radius 2 is 2.43 bits per heavy atom. The van der Waals surface area contributed by atoms with Gasteiger partial charge in [-0.15, -0.1) is 11.3 Å². The molecule has 0 aromatic carbocycles. The number of fused-ring (bicyclic) bond motifs is 3. The first-order valence-corrected chi connectivity index (χ1v) is 5.64. The van der Waals surface area contributed by atoms with Crippen molar-refractivity contribution in [3.8, 4) is 0 Å². The molecule has 4 heteroatoms. The van der Waals surface area contributed by atoms with Crippen molar-refractivity contribution in [3.63, 3.8) is 0 Å². The third-order valence-corrected chi connectivity index (χ3v) is 4.51. The van der Waals surface area contributed by atoms with Crippen LogP contribution in [0.4, 0.5) is 0 Å². The highest BCUT2D eigenvalue weighted by atomic mass is 32.1. The Hall–Kier alpha value is -0.870.